The van der Waals surface area contributed by atoms with Gasteiger partial charge in [-0.15, -0.1) is 0 Å². The molecule has 2 amide bonds. The van der Waals surface area contributed by atoms with E-state index in [2.05, 4.69) is 10.3 Å². The maximum Gasteiger partial charge on any atom is 0.490 e. The number of sulfone groups is 1. The number of pyridine rings is 1. The lowest BCUT2D eigenvalue weighted by Gasteiger charge is -2.37. The van der Waals surface area contributed by atoms with Crippen molar-refractivity contribution < 1.29 is 51.0 Å². The number of benzene rings is 2. The zero-order valence-corrected chi connectivity index (χ0v) is 23.1. The number of carbonyl (C=O) groups is 3. The van der Waals surface area contributed by atoms with E-state index in [4.69, 9.17) is 19.8 Å². The second kappa shape index (κ2) is 13.2. The third-order valence-electron chi connectivity index (χ3n) is 6.47. The lowest BCUT2D eigenvalue weighted by atomic mass is 9.87. The molecule has 1 fully saturated rings. The molecule has 1 aromatic heterocycles. The number of aromatic nitrogens is 1. The van der Waals surface area contributed by atoms with Crippen molar-refractivity contribution in [3.63, 3.8) is 0 Å². The Morgan fingerprint density at radius 3 is 2.21 bits per heavy atom. The largest absolute Gasteiger partial charge is 0.490 e. The van der Waals surface area contributed by atoms with Crippen molar-refractivity contribution in [1.82, 2.24) is 15.8 Å². The van der Waals surface area contributed by atoms with Gasteiger partial charge in [-0.25, -0.2) is 18.7 Å². The number of ether oxygens (including phenoxy) is 1. The van der Waals surface area contributed by atoms with Gasteiger partial charge in [0.25, 0.3) is 5.91 Å². The first-order valence-corrected chi connectivity index (χ1v) is 14.3. The van der Waals surface area contributed by atoms with E-state index >= 15 is 0 Å². The number of aryl methyl sites for hydroxylation is 1. The van der Waals surface area contributed by atoms with Crippen LogP contribution in [-0.4, -0.2) is 64.7 Å². The number of hydrogen-bond donors (Lipinski definition) is 4. The van der Waals surface area contributed by atoms with E-state index in [0.717, 1.165) is 22.2 Å². The summed E-state index contributed by atoms with van der Waals surface area (Å²) >= 11 is 0. The molecule has 1 saturated heterocycles. The van der Waals surface area contributed by atoms with Gasteiger partial charge >= 0.3 is 12.1 Å². The number of carboxylic acids is 1. The number of aliphatic carboxylic acids is 1. The Bertz CT molecular complexity index is 1550. The van der Waals surface area contributed by atoms with Crippen LogP contribution in [0.4, 0.5) is 13.2 Å². The number of carbonyl (C=O) groups excluding carboxylic acids is 2. The molecule has 2 aromatic carbocycles. The molecule has 15 heteroatoms. The van der Waals surface area contributed by atoms with Crippen molar-refractivity contribution in [1.29, 1.82) is 0 Å². The summed E-state index contributed by atoms with van der Waals surface area (Å²) in [6, 6.07) is 16.4. The van der Waals surface area contributed by atoms with Gasteiger partial charge in [0, 0.05) is 22.2 Å². The standard InChI is InChI=1S/C25H27N3O6S.C2HF3O2/c1-17-14-19(21-4-2-3-5-22(21)26-17)16-34-20-8-6-18(7-9-20)24(30)27-25(15-23(29)28-31)10-12-35(32,33)13-11-25;3-2(4,5)1(6)7/h2-9,14,31H,10-13,15-16H2,1H3,(H,27,30)(H,28,29);(H,6,7). The Kier molecular flexibility index (Phi) is 10.1. The molecule has 0 saturated carbocycles. The van der Waals surface area contributed by atoms with Crippen LogP contribution in [0.15, 0.2) is 54.6 Å². The fraction of sp³-hybridized carbons (Fsp3) is 0.333. The van der Waals surface area contributed by atoms with Crippen molar-refractivity contribution in [3.8, 4) is 5.75 Å². The molecule has 4 rings (SSSR count). The van der Waals surface area contributed by atoms with Crippen LogP contribution >= 0.6 is 0 Å². The molecule has 0 spiro atoms. The van der Waals surface area contributed by atoms with Gasteiger partial charge in [0.05, 0.1) is 29.0 Å². The van der Waals surface area contributed by atoms with Crippen LogP contribution in [0.1, 0.15) is 40.9 Å². The summed E-state index contributed by atoms with van der Waals surface area (Å²) < 4.78 is 61.4. The van der Waals surface area contributed by atoms with Crippen molar-refractivity contribution >= 4 is 38.5 Å². The number of hydrogen-bond acceptors (Lipinski definition) is 8. The normalized spacial score (nSPS) is 15.5. The van der Waals surface area contributed by atoms with E-state index in [0.29, 0.717) is 17.9 Å². The van der Waals surface area contributed by atoms with Gasteiger partial charge in [-0.2, -0.15) is 13.2 Å². The van der Waals surface area contributed by atoms with Crippen molar-refractivity contribution in [3.05, 3.63) is 71.4 Å². The Morgan fingerprint density at radius 2 is 1.64 bits per heavy atom. The van der Waals surface area contributed by atoms with Gasteiger partial charge in [0.2, 0.25) is 5.91 Å². The quantitative estimate of drug-likeness (QED) is 0.231. The molecule has 0 radical (unpaired) electrons. The minimum absolute atomic E-state index is 0.0923. The summed E-state index contributed by atoms with van der Waals surface area (Å²) in [5, 5.41) is 19.9. The van der Waals surface area contributed by atoms with Crippen LogP contribution in [0.2, 0.25) is 0 Å². The zero-order chi connectivity index (χ0) is 31.1. The fourth-order valence-electron chi connectivity index (χ4n) is 4.31. The number of amides is 2. The van der Waals surface area contributed by atoms with Crippen LogP contribution in [0, 0.1) is 6.92 Å². The summed E-state index contributed by atoms with van der Waals surface area (Å²) in [7, 11) is -3.21. The lowest BCUT2D eigenvalue weighted by molar-refractivity contribution is -0.192. The van der Waals surface area contributed by atoms with Crippen molar-refractivity contribution in [2.45, 2.75) is 44.5 Å². The van der Waals surface area contributed by atoms with E-state index in [1.54, 1.807) is 29.7 Å². The highest BCUT2D eigenvalue weighted by Gasteiger charge is 2.40. The maximum absolute atomic E-state index is 12.9. The molecule has 1 aliphatic heterocycles. The molecule has 3 aromatic rings. The Labute approximate surface area is 238 Å². The van der Waals surface area contributed by atoms with Crippen LogP contribution in [0.5, 0.6) is 5.75 Å². The summed E-state index contributed by atoms with van der Waals surface area (Å²) in [6.07, 6.45) is -5.12. The van der Waals surface area contributed by atoms with E-state index in [1.165, 1.54) is 0 Å². The van der Waals surface area contributed by atoms with E-state index < -0.39 is 39.3 Å². The molecule has 0 atom stereocenters. The summed E-state index contributed by atoms with van der Waals surface area (Å²) in [5.41, 5.74) is 3.66. The van der Waals surface area contributed by atoms with E-state index in [1.807, 2.05) is 37.3 Å². The van der Waals surface area contributed by atoms with Crippen LogP contribution < -0.4 is 15.5 Å². The summed E-state index contributed by atoms with van der Waals surface area (Å²) in [6.45, 7) is 2.27. The molecule has 0 unspecified atom stereocenters. The van der Waals surface area contributed by atoms with E-state index in [9.17, 15) is 31.2 Å². The van der Waals surface area contributed by atoms with Crippen LogP contribution in [0.3, 0.4) is 0 Å². The highest BCUT2D eigenvalue weighted by Crippen LogP contribution is 2.28. The number of hydroxylamine groups is 1. The van der Waals surface area contributed by atoms with Gasteiger partial charge in [-0.1, -0.05) is 18.2 Å². The van der Waals surface area contributed by atoms with Gasteiger partial charge in [-0.05, 0) is 56.2 Å². The molecular weight excluding hydrogens is 583 g/mol. The van der Waals surface area contributed by atoms with Gasteiger partial charge in [0.1, 0.15) is 22.2 Å². The number of carboxylic acid groups (broad SMARTS) is 1. The molecule has 2 heterocycles. The molecule has 4 N–H and O–H groups in total. The first-order chi connectivity index (χ1) is 19.6. The Hall–Kier alpha value is -4.24. The number of nitrogens with zero attached hydrogens (tertiary/aromatic N) is 1. The number of para-hydroxylation sites is 1. The third kappa shape index (κ3) is 8.88. The predicted octanol–water partition coefficient (Wildman–Crippen LogP) is 3.33. The molecule has 0 aliphatic carbocycles. The number of nitrogens with one attached hydrogen (secondary N) is 2. The minimum atomic E-state index is -5.08. The fourth-order valence-corrected chi connectivity index (χ4v) is 5.92. The molecule has 42 heavy (non-hydrogen) atoms. The molecule has 11 nitrogen and oxygen atoms in total. The smallest absolute Gasteiger partial charge is 0.489 e. The predicted molar refractivity (Wildman–Crippen MR) is 144 cm³/mol. The van der Waals surface area contributed by atoms with Crippen LogP contribution in [-0.2, 0) is 26.0 Å². The average Bonchev–Trinajstić information content (AvgIpc) is 2.93. The Balaban J connectivity index is 0.000000616. The molecular formula is C27H28F3N3O8S. The Morgan fingerprint density at radius 1 is 1.05 bits per heavy atom. The highest BCUT2D eigenvalue weighted by atomic mass is 32.2. The summed E-state index contributed by atoms with van der Waals surface area (Å²) in [5.74, 6) is -3.57. The average molecular weight is 612 g/mol. The number of alkyl halides is 3. The third-order valence-corrected chi connectivity index (χ3v) is 8.12. The SMILES string of the molecule is Cc1cc(COc2ccc(C(=O)NC3(CC(=O)NO)CCS(=O)(=O)CC3)cc2)c2ccccc2n1.O=C(O)C(F)(F)F. The number of fused-ring (bicyclic) bond motifs is 1. The molecule has 226 valence electrons. The van der Waals surface area contributed by atoms with Crippen LogP contribution in [0.25, 0.3) is 10.9 Å². The number of rotatable bonds is 7. The minimum Gasteiger partial charge on any atom is -0.489 e. The number of halogens is 3. The molecule has 1 aliphatic rings. The first-order valence-electron chi connectivity index (χ1n) is 12.5. The topological polar surface area (TPSA) is 172 Å². The highest BCUT2D eigenvalue weighted by molar-refractivity contribution is 7.91. The molecule has 0 bridgehead atoms. The lowest BCUT2D eigenvalue weighted by Crippen LogP contribution is -2.55. The summed E-state index contributed by atoms with van der Waals surface area (Å²) in [4.78, 5) is 38.2. The monoisotopic (exact) mass is 611 g/mol. The van der Waals surface area contributed by atoms with E-state index in [-0.39, 0.29) is 30.8 Å². The second-order valence-electron chi connectivity index (χ2n) is 9.65. The van der Waals surface area contributed by atoms with Gasteiger partial charge in [-0.3, -0.25) is 19.8 Å². The van der Waals surface area contributed by atoms with Gasteiger partial charge in [0.15, 0.2) is 0 Å². The van der Waals surface area contributed by atoms with Gasteiger partial charge < -0.3 is 15.2 Å². The zero-order valence-electron chi connectivity index (χ0n) is 22.3. The van der Waals surface area contributed by atoms with Crippen molar-refractivity contribution in [2.24, 2.45) is 0 Å². The maximum atomic E-state index is 12.9. The van der Waals surface area contributed by atoms with Crippen molar-refractivity contribution in [2.75, 3.05) is 11.5 Å². The second-order valence-corrected chi connectivity index (χ2v) is 12.0. The first kappa shape index (κ1) is 32.3.